The molecule has 1 heterocycles. The zero-order chi connectivity index (χ0) is 26.7. The lowest BCUT2D eigenvalue weighted by atomic mass is 10.2. The smallest absolute Gasteiger partial charge is 0.266 e. The Labute approximate surface area is 210 Å². The lowest BCUT2D eigenvalue weighted by Gasteiger charge is -2.11. The van der Waals surface area contributed by atoms with E-state index in [1.807, 2.05) is 40.9 Å². The van der Waals surface area contributed by atoms with Crippen LogP contribution in [0.25, 0.3) is 0 Å². The number of carbonyl (C=O) groups excluding carboxylic acids is 1. The van der Waals surface area contributed by atoms with Crippen LogP contribution in [0, 0.1) is 23.5 Å². The van der Waals surface area contributed by atoms with E-state index in [1.54, 1.807) is 0 Å². The van der Waals surface area contributed by atoms with Crippen molar-refractivity contribution in [2.24, 2.45) is 0 Å². The van der Waals surface area contributed by atoms with Crippen LogP contribution in [0.1, 0.15) is 43.1 Å². The molecule has 36 heavy (non-hydrogen) atoms. The van der Waals surface area contributed by atoms with E-state index in [4.69, 9.17) is 4.74 Å². The minimum Gasteiger partial charge on any atom is -0.498 e. The fourth-order valence-corrected chi connectivity index (χ4v) is 3.14. The molecule has 1 aromatic carbocycles. The van der Waals surface area contributed by atoms with E-state index in [-0.39, 0.29) is 18.7 Å². The maximum atomic E-state index is 13.4. The van der Waals surface area contributed by atoms with Gasteiger partial charge in [-0.3, -0.25) is 14.2 Å². The molecule has 7 nitrogen and oxygen atoms in total. The average Bonchev–Trinajstić information content (AvgIpc) is 2.82. The van der Waals surface area contributed by atoms with Gasteiger partial charge in [0.15, 0.2) is 11.6 Å². The first-order chi connectivity index (χ1) is 17.1. The standard InChI is InChI=1S/C27H32F2N4O3/c1-19(14-20(2)21(3)36-13-7-12-32(4)5)8-6-11-31-26(34)23-16-30-18-33(27(23)35)17-22-9-10-24(28)25(29)15-22/h9-10,14-16,18H,7,11-13,17H2,1-5H3,(H,31,34). The number of carbonyl (C=O) groups is 1. The number of allylic oxidation sites excluding steroid dienone is 4. The van der Waals surface area contributed by atoms with Crippen LogP contribution in [-0.4, -0.2) is 54.1 Å². The minimum atomic E-state index is -1.02. The van der Waals surface area contributed by atoms with E-state index in [1.165, 1.54) is 12.4 Å². The van der Waals surface area contributed by atoms with Crippen molar-refractivity contribution < 1.29 is 18.3 Å². The Morgan fingerprint density at radius 1 is 1.22 bits per heavy atom. The minimum absolute atomic E-state index is 0.0320. The van der Waals surface area contributed by atoms with Crippen LogP contribution in [0.2, 0.25) is 0 Å². The monoisotopic (exact) mass is 498 g/mol. The first-order valence-electron chi connectivity index (χ1n) is 11.5. The van der Waals surface area contributed by atoms with E-state index in [0.29, 0.717) is 12.2 Å². The number of nitrogens with zero attached hydrogens (tertiary/aromatic N) is 3. The predicted molar refractivity (Wildman–Crippen MR) is 135 cm³/mol. The molecule has 0 atom stereocenters. The summed E-state index contributed by atoms with van der Waals surface area (Å²) in [5.41, 5.74) is 1.36. The molecule has 192 valence electrons. The number of nitrogens with one attached hydrogen (secondary N) is 1. The molecule has 0 aliphatic heterocycles. The topological polar surface area (TPSA) is 76.5 Å². The van der Waals surface area contributed by atoms with Crippen molar-refractivity contribution >= 4 is 5.91 Å². The summed E-state index contributed by atoms with van der Waals surface area (Å²) in [6.45, 7) is 7.29. The first-order valence-corrected chi connectivity index (χ1v) is 11.5. The second kappa shape index (κ2) is 14.0. The number of hydrogen-bond donors (Lipinski definition) is 1. The Morgan fingerprint density at radius 3 is 2.67 bits per heavy atom. The van der Waals surface area contributed by atoms with Crippen LogP contribution >= 0.6 is 0 Å². The quantitative estimate of drug-likeness (QED) is 0.235. The number of rotatable bonds is 10. The van der Waals surface area contributed by atoms with Gasteiger partial charge in [0.25, 0.3) is 11.5 Å². The molecule has 0 saturated carbocycles. The van der Waals surface area contributed by atoms with Gasteiger partial charge in [0, 0.05) is 12.7 Å². The Bertz CT molecular complexity index is 1250. The highest BCUT2D eigenvalue weighted by atomic mass is 19.2. The normalized spacial score (nSPS) is 12.1. The van der Waals surface area contributed by atoms with Gasteiger partial charge < -0.3 is 15.0 Å². The lowest BCUT2D eigenvalue weighted by molar-refractivity contribution is 0.0956. The van der Waals surface area contributed by atoms with E-state index < -0.39 is 23.1 Å². The van der Waals surface area contributed by atoms with Gasteiger partial charge in [-0.2, -0.15) is 0 Å². The molecule has 0 bridgehead atoms. The number of halogens is 2. The molecule has 9 heteroatoms. The van der Waals surface area contributed by atoms with Crippen molar-refractivity contribution in [2.45, 2.75) is 33.7 Å². The molecule has 0 fully saturated rings. The lowest BCUT2D eigenvalue weighted by Crippen LogP contribution is -2.33. The van der Waals surface area contributed by atoms with Gasteiger partial charge in [0.1, 0.15) is 5.56 Å². The summed E-state index contributed by atoms with van der Waals surface area (Å²) in [7, 11) is 4.04. The van der Waals surface area contributed by atoms with Gasteiger partial charge in [-0.1, -0.05) is 17.9 Å². The van der Waals surface area contributed by atoms with Crippen molar-refractivity contribution in [3.8, 4) is 11.8 Å². The summed E-state index contributed by atoms with van der Waals surface area (Å²) < 4.78 is 33.5. The van der Waals surface area contributed by atoms with Crippen LogP contribution in [0.3, 0.4) is 0 Å². The largest absolute Gasteiger partial charge is 0.498 e. The Kier molecular flexibility index (Phi) is 11.0. The van der Waals surface area contributed by atoms with Gasteiger partial charge in [-0.25, -0.2) is 13.8 Å². The van der Waals surface area contributed by atoms with E-state index in [2.05, 4.69) is 27.0 Å². The Morgan fingerprint density at radius 2 is 1.97 bits per heavy atom. The number of amides is 1. The molecule has 0 spiro atoms. The molecule has 0 aliphatic carbocycles. The van der Waals surface area contributed by atoms with Crippen LogP contribution < -0.4 is 10.9 Å². The van der Waals surface area contributed by atoms with Gasteiger partial charge >= 0.3 is 0 Å². The third kappa shape index (κ3) is 9.12. The van der Waals surface area contributed by atoms with Gasteiger partial charge in [-0.05, 0) is 76.2 Å². The highest BCUT2D eigenvalue weighted by Crippen LogP contribution is 2.10. The molecule has 0 radical (unpaired) electrons. The SMILES string of the molecule is CC(C#CCNC(=O)c1cncn(Cc2ccc(F)c(F)c2)c1=O)=CC(C)=C(C)OCCCN(C)C. The molecule has 2 rings (SSSR count). The van der Waals surface area contributed by atoms with E-state index in [0.717, 1.165) is 52.8 Å². The van der Waals surface area contributed by atoms with Crippen LogP contribution in [0.5, 0.6) is 0 Å². The predicted octanol–water partition coefficient (Wildman–Crippen LogP) is 3.51. The summed E-state index contributed by atoms with van der Waals surface area (Å²) >= 11 is 0. The van der Waals surface area contributed by atoms with Crippen molar-refractivity contribution in [1.82, 2.24) is 19.8 Å². The second-order valence-electron chi connectivity index (χ2n) is 8.55. The van der Waals surface area contributed by atoms with E-state index >= 15 is 0 Å². The molecule has 0 unspecified atom stereocenters. The van der Waals surface area contributed by atoms with Gasteiger partial charge in [-0.15, -0.1) is 0 Å². The summed E-state index contributed by atoms with van der Waals surface area (Å²) in [5, 5.41) is 2.58. The van der Waals surface area contributed by atoms with Gasteiger partial charge in [0.2, 0.25) is 0 Å². The van der Waals surface area contributed by atoms with Crippen molar-refractivity contribution in [2.75, 3.05) is 33.8 Å². The van der Waals surface area contributed by atoms with E-state index in [9.17, 15) is 18.4 Å². The molecule has 0 saturated heterocycles. The third-order valence-corrected chi connectivity index (χ3v) is 5.16. The average molecular weight is 499 g/mol. The fourth-order valence-electron chi connectivity index (χ4n) is 3.14. The Balaban J connectivity index is 1.95. The highest BCUT2D eigenvalue weighted by molar-refractivity contribution is 5.93. The maximum Gasteiger partial charge on any atom is 0.266 e. The van der Waals surface area contributed by atoms with Crippen LogP contribution in [0.4, 0.5) is 8.78 Å². The summed E-state index contributed by atoms with van der Waals surface area (Å²) in [6.07, 6.45) is 5.24. The number of benzene rings is 1. The Hall–Kier alpha value is -3.77. The fraction of sp³-hybridized carbons (Fsp3) is 0.370. The van der Waals surface area contributed by atoms with Crippen LogP contribution in [0.15, 0.2) is 58.5 Å². The second-order valence-corrected chi connectivity index (χ2v) is 8.55. The van der Waals surface area contributed by atoms with Crippen molar-refractivity contribution in [1.29, 1.82) is 0 Å². The number of aromatic nitrogens is 2. The van der Waals surface area contributed by atoms with Crippen molar-refractivity contribution in [3.63, 3.8) is 0 Å². The molecular weight excluding hydrogens is 466 g/mol. The number of hydrogen-bond acceptors (Lipinski definition) is 5. The van der Waals surface area contributed by atoms with Crippen LogP contribution in [-0.2, 0) is 11.3 Å². The van der Waals surface area contributed by atoms with Gasteiger partial charge in [0.05, 0.1) is 31.8 Å². The molecular formula is C27H32F2N4O3. The molecule has 1 amide bonds. The number of ether oxygens (including phenoxy) is 1. The molecule has 0 aliphatic rings. The zero-order valence-corrected chi connectivity index (χ0v) is 21.3. The summed E-state index contributed by atoms with van der Waals surface area (Å²) in [4.78, 5) is 31.1. The summed E-state index contributed by atoms with van der Waals surface area (Å²) in [5.74, 6) is 4.03. The molecule has 1 N–H and O–H groups in total. The van der Waals surface area contributed by atoms with Crippen molar-refractivity contribution in [3.05, 3.63) is 86.8 Å². The third-order valence-electron chi connectivity index (χ3n) is 5.16. The maximum absolute atomic E-state index is 13.4. The highest BCUT2D eigenvalue weighted by Gasteiger charge is 2.13. The summed E-state index contributed by atoms with van der Waals surface area (Å²) in [6, 6.07) is 3.33. The first kappa shape index (κ1) is 28.5. The molecule has 1 aromatic heterocycles. The molecule has 2 aromatic rings. The zero-order valence-electron chi connectivity index (χ0n) is 21.3.